The summed E-state index contributed by atoms with van der Waals surface area (Å²) in [5, 5.41) is 0. The molecule has 0 spiro atoms. The third-order valence-electron chi connectivity index (χ3n) is 5.92. The highest BCUT2D eigenvalue weighted by Gasteiger charge is 2.24. The molecule has 6 nitrogen and oxygen atoms in total. The lowest BCUT2D eigenvalue weighted by Gasteiger charge is -2.17. The molecule has 0 aliphatic carbocycles. The van der Waals surface area contributed by atoms with Crippen LogP contribution < -0.4 is 27.9 Å². The Morgan fingerprint density at radius 3 is 1.42 bits per heavy atom. The van der Waals surface area contributed by atoms with Crippen LogP contribution in [0, 0.1) is 17.2 Å². The fourth-order valence-electron chi connectivity index (χ4n) is 4.16. The first kappa shape index (κ1) is 27.0. The van der Waals surface area contributed by atoms with Gasteiger partial charge in [0.25, 0.3) is 0 Å². The summed E-state index contributed by atoms with van der Waals surface area (Å²) in [5.74, 6) is 0.846. The SMILES string of the molecule is COc1ccc(-[n+]2c(-c3ccccc3)cc(-c3ccc(C)cc3)cc2-c2ccccc2)cc1.[O-][Cl+3]([O-])([O-])[O-]. The van der Waals surface area contributed by atoms with Crippen LogP contribution in [0.3, 0.4) is 0 Å². The molecule has 192 valence electrons. The van der Waals surface area contributed by atoms with Crippen molar-refractivity contribution >= 4 is 0 Å². The van der Waals surface area contributed by atoms with Crippen molar-refractivity contribution in [2.24, 2.45) is 0 Å². The van der Waals surface area contributed by atoms with Crippen molar-refractivity contribution in [3.63, 3.8) is 0 Å². The molecule has 0 bridgehead atoms. The molecule has 0 saturated carbocycles. The third kappa shape index (κ3) is 7.04. The number of aryl methyl sites for hydroxylation is 1. The summed E-state index contributed by atoms with van der Waals surface area (Å²) in [5.41, 5.74) is 9.35. The summed E-state index contributed by atoms with van der Waals surface area (Å²) in [6.07, 6.45) is 0. The van der Waals surface area contributed by atoms with E-state index in [9.17, 15) is 0 Å². The fourth-order valence-corrected chi connectivity index (χ4v) is 4.16. The quantitative estimate of drug-likeness (QED) is 0.327. The number of methoxy groups -OCH3 is 1. The Balaban J connectivity index is 0.000000617. The molecule has 0 N–H and O–H groups in total. The number of benzene rings is 4. The average Bonchev–Trinajstić information content (AvgIpc) is 2.93. The van der Waals surface area contributed by atoms with Gasteiger partial charge in [-0.25, -0.2) is 18.6 Å². The zero-order valence-electron chi connectivity index (χ0n) is 20.9. The van der Waals surface area contributed by atoms with E-state index in [0.717, 1.165) is 22.8 Å². The Bertz CT molecular complexity index is 1400. The predicted octanol–water partition coefficient (Wildman–Crippen LogP) is 2.53. The Hall–Kier alpha value is -4.04. The van der Waals surface area contributed by atoms with Crippen LogP contribution in [0.25, 0.3) is 39.3 Å². The van der Waals surface area contributed by atoms with Crippen LogP contribution in [0.1, 0.15) is 5.56 Å². The van der Waals surface area contributed by atoms with Gasteiger partial charge in [-0.15, -0.1) is 10.2 Å². The highest BCUT2D eigenvalue weighted by atomic mass is 35.7. The molecule has 0 fully saturated rings. The van der Waals surface area contributed by atoms with Crippen molar-refractivity contribution in [3.05, 3.63) is 127 Å². The van der Waals surface area contributed by atoms with E-state index in [1.807, 2.05) is 12.1 Å². The third-order valence-corrected chi connectivity index (χ3v) is 5.92. The standard InChI is InChI=1S/C31H26NO.ClHO4/c1-23-13-15-24(16-14-23)27-21-30(25-9-5-3-6-10-25)32(28-17-19-29(33-2)20-18-28)31(22-27)26-11-7-4-8-12-26;2-1(3,4)5/h3-22H,1-2H3;(H,2,3,4,5)/q+1;/p-1. The molecule has 0 unspecified atom stereocenters. The molecule has 5 rings (SSSR count). The number of hydrogen-bond acceptors (Lipinski definition) is 5. The van der Waals surface area contributed by atoms with Crippen LogP contribution >= 0.6 is 0 Å². The fraction of sp³-hybridized carbons (Fsp3) is 0.0645. The molecular weight excluding hydrogens is 502 g/mol. The van der Waals surface area contributed by atoms with Crippen molar-refractivity contribution in [2.75, 3.05) is 7.11 Å². The molecule has 0 aliphatic heterocycles. The molecule has 1 heterocycles. The topological polar surface area (TPSA) is 105 Å². The monoisotopic (exact) mass is 527 g/mol. The van der Waals surface area contributed by atoms with Crippen molar-refractivity contribution in [1.29, 1.82) is 0 Å². The first-order valence-corrected chi connectivity index (χ1v) is 13.0. The molecule has 0 saturated heterocycles. The number of rotatable bonds is 5. The van der Waals surface area contributed by atoms with Crippen LogP contribution in [0.15, 0.2) is 121 Å². The van der Waals surface area contributed by atoms with Gasteiger partial charge in [0, 0.05) is 35.4 Å². The first-order valence-electron chi connectivity index (χ1n) is 11.8. The van der Waals surface area contributed by atoms with E-state index in [4.69, 9.17) is 23.4 Å². The van der Waals surface area contributed by atoms with Gasteiger partial charge in [0.1, 0.15) is 5.75 Å². The van der Waals surface area contributed by atoms with E-state index in [2.05, 4.69) is 121 Å². The summed E-state index contributed by atoms with van der Waals surface area (Å²) in [7, 11) is -3.25. The highest BCUT2D eigenvalue weighted by molar-refractivity contribution is 5.74. The van der Waals surface area contributed by atoms with E-state index in [1.165, 1.54) is 27.8 Å². The maximum absolute atomic E-state index is 8.49. The normalized spacial score (nSPS) is 10.9. The minimum atomic E-state index is -4.94. The Morgan fingerprint density at radius 1 is 0.553 bits per heavy atom. The van der Waals surface area contributed by atoms with Crippen LogP contribution in [0.4, 0.5) is 0 Å². The highest BCUT2D eigenvalue weighted by Crippen LogP contribution is 2.31. The maximum Gasteiger partial charge on any atom is 0.219 e. The van der Waals surface area contributed by atoms with Gasteiger partial charge >= 0.3 is 0 Å². The minimum absolute atomic E-state index is 0.846. The van der Waals surface area contributed by atoms with E-state index < -0.39 is 10.2 Å². The van der Waals surface area contributed by atoms with Gasteiger partial charge in [0.2, 0.25) is 17.1 Å². The lowest BCUT2D eigenvalue weighted by molar-refractivity contribution is -2.00. The number of pyridine rings is 1. The number of aromatic nitrogens is 1. The van der Waals surface area contributed by atoms with Crippen LogP contribution in [0.5, 0.6) is 5.75 Å². The average molecular weight is 528 g/mol. The van der Waals surface area contributed by atoms with E-state index >= 15 is 0 Å². The Morgan fingerprint density at radius 2 is 1.00 bits per heavy atom. The largest absolute Gasteiger partial charge is 0.497 e. The zero-order chi connectivity index (χ0) is 27.1. The van der Waals surface area contributed by atoms with E-state index in [0.29, 0.717) is 0 Å². The Labute approximate surface area is 224 Å². The van der Waals surface area contributed by atoms with Crippen LogP contribution in [-0.2, 0) is 0 Å². The van der Waals surface area contributed by atoms with Crippen molar-refractivity contribution in [3.8, 4) is 45.1 Å². The number of nitrogens with zero attached hydrogens (tertiary/aromatic N) is 1. The molecule has 0 atom stereocenters. The smallest absolute Gasteiger partial charge is 0.219 e. The second-order valence-corrected chi connectivity index (χ2v) is 9.28. The number of halogens is 1. The second-order valence-electron chi connectivity index (χ2n) is 8.52. The molecule has 38 heavy (non-hydrogen) atoms. The maximum atomic E-state index is 8.49. The summed E-state index contributed by atoms with van der Waals surface area (Å²) >= 11 is 0. The van der Waals surface area contributed by atoms with Gasteiger partial charge in [0.05, 0.1) is 7.11 Å². The van der Waals surface area contributed by atoms with Gasteiger partial charge in [-0.05, 0) is 54.4 Å². The van der Waals surface area contributed by atoms with Crippen LogP contribution in [0.2, 0.25) is 0 Å². The van der Waals surface area contributed by atoms with Gasteiger partial charge in [-0.1, -0.05) is 66.2 Å². The zero-order valence-corrected chi connectivity index (χ0v) is 21.7. The molecule has 1 aromatic heterocycles. The lowest BCUT2D eigenvalue weighted by Crippen LogP contribution is -2.68. The van der Waals surface area contributed by atoms with Gasteiger partial charge in [-0.2, -0.15) is 4.57 Å². The van der Waals surface area contributed by atoms with Gasteiger partial charge < -0.3 is 4.74 Å². The van der Waals surface area contributed by atoms with Crippen molar-refractivity contribution in [2.45, 2.75) is 6.92 Å². The summed E-state index contributed by atoms with van der Waals surface area (Å²) < 4.78 is 41.7. The second kappa shape index (κ2) is 12.0. The Kier molecular flexibility index (Phi) is 8.53. The van der Waals surface area contributed by atoms with Crippen molar-refractivity contribution in [1.82, 2.24) is 0 Å². The summed E-state index contributed by atoms with van der Waals surface area (Å²) in [6, 6.07) is 42.7. The number of ether oxygens (including phenoxy) is 1. The van der Waals surface area contributed by atoms with E-state index in [-0.39, 0.29) is 0 Å². The van der Waals surface area contributed by atoms with Crippen LogP contribution in [-0.4, -0.2) is 7.11 Å². The molecule has 5 aromatic rings. The lowest BCUT2D eigenvalue weighted by atomic mass is 9.98. The molecular formula is C31H26ClNO5. The van der Waals surface area contributed by atoms with Gasteiger partial charge in [0.15, 0.2) is 0 Å². The first-order chi connectivity index (χ1) is 18.2. The van der Waals surface area contributed by atoms with E-state index in [1.54, 1.807) is 7.11 Å². The molecule has 4 aromatic carbocycles. The predicted molar refractivity (Wildman–Crippen MR) is 136 cm³/mol. The molecule has 0 aliphatic rings. The summed E-state index contributed by atoms with van der Waals surface area (Å²) in [4.78, 5) is 0. The summed E-state index contributed by atoms with van der Waals surface area (Å²) in [6.45, 7) is 2.12. The van der Waals surface area contributed by atoms with Gasteiger partial charge in [-0.3, -0.25) is 0 Å². The molecule has 7 heteroatoms. The molecule has 0 radical (unpaired) electrons. The molecule has 0 amide bonds. The minimum Gasteiger partial charge on any atom is -0.497 e. The van der Waals surface area contributed by atoms with Crippen molar-refractivity contribution < 1.29 is 38.2 Å². The number of hydrogen-bond donors (Lipinski definition) is 0.